The van der Waals surface area contributed by atoms with Gasteiger partial charge >= 0.3 is 0 Å². The lowest BCUT2D eigenvalue weighted by molar-refractivity contribution is 1.08. The van der Waals surface area contributed by atoms with Crippen LogP contribution in [0, 0.1) is 0 Å². The van der Waals surface area contributed by atoms with E-state index >= 15 is 0 Å². The van der Waals surface area contributed by atoms with Crippen molar-refractivity contribution in [1.82, 2.24) is 0 Å². The fourth-order valence-corrected chi connectivity index (χ4v) is 2.21. The minimum absolute atomic E-state index is 1.08. The van der Waals surface area contributed by atoms with Gasteiger partial charge in [-0.25, -0.2) is 0 Å². The number of rotatable bonds is 1. The molecule has 2 heteroatoms. The number of allylic oxidation sites excluding steroid dienone is 1. The van der Waals surface area contributed by atoms with Crippen LogP contribution in [0.25, 0.3) is 0 Å². The topological polar surface area (TPSA) is 3.24 Å². The highest BCUT2D eigenvalue weighted by Gasteiger charge is 2.12. The first-order chi connectivity index (χ1) is 6.31. The molecule has 0 fully saturated rings. The predicted molar refractivity (Wildman–Crippen MR) is 60.1 cm³/mol. The zero-order valence-electron chi connectivity index (χ0n) is 7.95. The number of para-hydroxylation sites is 1. The summed E-state index contributed by atoms with van der Waals surface area (Å²) in [6.07, 6.45) is 5.43. The van der Waals surface area contributed by atoms with Crippen molar-refractivity contribution < 1.29 is 0 Å². The van der Waals surface area contributed by atoms with Gasteiger partial charge in [-0.15, -0.1) is 11.8 Å². The van der Waals surface area contributed by atoms with Crippen LogP contribution in [0.4, 0.5) is 5.69 Å². The van der Waals surface area contributed by atoms with E-state index in [1.54, 1.807) is 0 Å². The lowest BCUT2D eigenvalue weighted by atomic mass is 10.1. The van der Waals surface area contributed by atoms with E-state index in [2.05, 4.69) is 48.7 Å². The van der Waals surface area contributed by atoms with Crippen LogP contribution in [0.15, 0.2) is 35.4 Å². The number of hydrogen-bond acceptors (Lipinski definition) is 2. The molecule has 0 aromatic heterocycles. The molecule has 0 N–H and O–H groups in total. The summed E-state index contributed by atoms with van der Waals surface area (Å²) >= 11 is 1.83. The molecular formula is C11H13NS. The average molecular weight is 191 g/mol. The first kappa shape index (κ1) is 8.70. The van der Waals surface area contributed by atoms with Crippen LogP contribution < -0.4 is 4.90 Å². The van der Waals surface area contributed by atoms with Gasteiger partial charge in [-0.2, -0.15) is 0 Å². The summed E-state index contributed by atoms with van der Waals surface area (Å²) in [6.45, 7) is 0. The highest BCUT2D eigenvalue weighted by atomic mass is 32.2. The van der Waals surface area contributed by atoms with Crippen molar-refractivity contribution in [3.63, 3.8) is 0 Å². The van der Waals surface area contributed by atoms with Crippen molar-refractivity contribution in [1.29, 1.82) is 0 Å². The van der Waals surface area contributed by atoms with Crippen molar-refractivity contribution in [2.45, 2.75) is 6.42 Å². The molecule has 0 atom stereocenters. The van der Waals surface area contributed by atoms with E-state index in [0.29, 0.717) is 0 Å². The summed E-state index contributed by atoms with van der Waals surface area (Å²) in [4.78, 5) is 3.63. The van der Waals surface area contributed by atoms with Gasteiger partial charge in [-0.05, 0) is 17.9 Å². The Morgan fingerprint density at radius 1 is 1.31 bits per heavy atom. The molecule has 0 spiro atoms. The van der Waals surface area contributed by atoms with E-state index in [0.717, 1.165) is 6.42 Å². The molecule has 1 aromatic carbocycles. The van der Waals surface area contributed by atoms with Crippen LogP contribution in [0.1, 0.15) is 5.56 Å². The third kappa shape index (κ3) is 1.59. The van der Waals surface area contributed by atoms with Crippen molar-refractivity contribution in [3.05, 3.63) is 40.9 Å². The second kappa shape index (κ2) is 3.46. The average Bonchev–Trinajstić information content (AvgIpc) is 2.18. The maximum Gasteiger partial charge on any atom is 0.0439 e. The van der Waals surface area contributed by atoms with Crippen LogP contribution in [-0.4, -0.2) is 13.3 Å². The van der Waals surface area contributed by atoms with Crippen LogP contribution in [-0.2, 0) is 6.42 Å². The minimum Gasteiger partial charge on any atom is -0.350 e. The first-order valence-corrected chi connectivity index (χ1v) is 5.59. The molecule has 0 saturated carbocycles. The van der Waals surface area contributed by atoms with Crippen LogP contribution >= 0.6 is 11.8 Å². The van der Waals surface area contributed by atoms with Gasteiger partial charge in [0.25, 0.3) is 0 Å². The molecule has 13 heavy (non-hydrogen) atoms. The summed E-state index contributed by atoms with van der Waals surface area (Å²) in [5.41, 5.74) is 2.76. The van der Waals surface area contributed by atoms with Crippen LogP contribution in [0.5, 0.6) is 0 Å². The molecule has 1 nitrogen and oxygen atoms in total. The molecule has 0 unspecified atom stereocenters. The van der Waals surface area contributed by atoms with Crippen molar-refractivity contribution >= 4 is 17.4 Å². The monoisotopic (exact) mass is 191 g/mol. The maximum atomic E-state index is 2.22. The fourth-order valence-electron chi connectivity index (χ4n) is 1.65. The van der Waals surface area contributed by atoms with Gasteiger partial charge in [0.15, 0.2) is 0 Å². The van der Waals surface area contributed by atoms with E-state index in [-0.39, 0.29) is 0 Å². The van der Waals surface area contributed by atoms with Crippen molar-refractivity contribution in [2.75, 3.05) is 18.2 Å². The lowest BCUT2D eigenvalue weighted by Gasteiger charge is -2.24. The van der Waals surface area contributed by atoms with Gasteiger partial charge in [0.05, 0.1) is 0 Å². The second-order valence-corrected chi connectivity index (χ2v) is 4.15. The Morgan fingerprint density at radius 3 is 2.85 bits per heavy atom. The highest BCUT2D eigenvalue weighted by Crippen LogP contribution is 2.30. The molecule has 1 aromatic rings. The van der Waals surface area contributed by atoms with Crippen molar-refractivity contribution in [2.24, 2.45) is 0 Å². The number of benzene rings is 1. The number of anilines is 1. The van der Waals surface area contributed by atoms with Crippen molar-refractivity contribution in [3.8, 4) is 0 Å². The number of nitrogens with zero attached hydrogens (tertiary/aromatic N) is 1. The Kier molecular flexibility index (Phi) is 2.32. The maximum absolute atomic E-state index is 2.22. The largest absolute Gasteiger partial charge is 0.350 e. The Balaban J connectivity index is 2.40. The van der Waals surface area contributed by atoms with E-state index in [1.807, 2.05) is 11.8 Å². The van der Waals surface area contributed by atoms with Crippen LogP contribution in [0.2, 0.25) is 0 Å². The summed E-state index contributed by atoms with van der Waals surface area (Å²) in [5, 5.41) is 0. The number of hydrogen-bond donors (Lipinski definition) is 0. The number of fused-ring (bicyclic) bond motifs is 1. The molecular weight excluding hydrogens is 178 g/mol. The Morgan fingerprint density at radius 2 is 2.08 bits per heavy atom. The van der Waals surface area contributed by atoms with E-state index in [9.17, 15) is 0 Å². The van der Waals surface area contributed by atoms with Gasteiger partial charge in [0, 0.05) is 30.3 Å². The summed E-state index contributed by atoms with van der Waals surface area (Å²) < 4.78 is 0. The molecule has 0 aliphatic carbocycles. The first-order valence-electron chi connectivity index (χ1n) is 4.36. The van der Waals surface area contributed by atoms with Gasteiger partial charge < -0.3 is 4.90 Å². The molecule has 1 heterocycles. The fraction of sp³-hybridized carbons (Fsp3) is 0.273. The SMILES string of the molecule is CSC1=CN(C)c2ccccc2C1. The zero-order chi connectivity index (χ0) is 9.26. The van der Waals surface area contributed by atoms with Crippen LogP contribution in [0.3, 0.4) is 0 Å². The summed E-state index contributed by atoms with van der Waals surface area (Å²) in [7, 11) is 2.11. The molecule has 0 saturated heterocycles. The van der Waals surface area contributed by atoms with E-state index in [4.69, 9.17) is 0 Å². The molecule has 0 amide bonds. The van der Waals surface area contributed by atoms with Gasteiger partial charge in [-0.1, -0.05) is 18.2 Å². The second-order valence-electron chi connectivity index (χ2n) is 3.22. The molecule has 1 aliphatic heterocycles. The molecule has 0 bridgehead atoms. The van der Waals surface area contributed by atoms with E-state index in [1.165, 1.54) is 16.2 Å². The molecule has 0 radical (unpaired) electrons. The van der Waals surface area contributed by atoms with Gasteiger partial charge in [-0.3, -0.25) is 0 Å². The zero-order valence-corrected chi connectivity index (χ0v) is 8.77. The van der Waals surface area contributed by atoms with E-state index < -0.39 is 0 Å². The molecule has 1 aliphatic rings. The normalized spacial score (nSPS) is 15.2. The lowest BCUT2D eigenvalue weighted by Crippen LogP contribution is -2.15. The highest BCUT2D eigenvalue weighted by molar-refractivity contribution is 8.02. The quantitative estimate of drug-likeness (QED) is 0.671. The standard InChI is InChI=1S/C11H13NS/c1-12-8-10(13-2)7-9-5-3-4-6-11(9)12/h3-6,8H,7H2,1-2H3. The molecule has 68 valence electrons. The smallest absolute Gasteiger partial charge is 0.0439 e. The van der Waals surface area contributed by atoms with Gasteiger partial charge in [0.1, 0.15) is 0 Å². The minimum atomic E-state index is 1.08. The molecule has 2 rings (SSSR count). The third-order valence-electron chi connectivity index (χ3n) is 2.34. The Hall–Kier alpha value is -0.890. The summed E-state index contributed by atoms with van der Waals surface area (Å²) in [5.74, 6) is 0. The Bertz CT molecular complexity index is 344. The van der Waals surface area contributed by atoms with Gasteiger partial charge in [0.2, 0.25) is 0 Å². The Labute approximate surface area is 83.4 Å². The predicted octanol–water partition coefficient (Wildman–Crippen LogP) is 2.88. The summed E-state index contributed by atoms with van der Waals surface area (Å²) in [6, 6.07) is 8.57. The third-order valence-corrected chi connectivity index (χ3v) is 3.11. The number of thioether (sulfide) groups is 1.